The van der Waals surface area contributed by atoms with E-state index in [-0.39, 0.29) is 6.04 Å². The van der Waals surface area contributed by atoms with Crippen LogP contribution in [0.2, 0.25) is 0 Å². The van der Waals surface area contributed by atoms with Gasteiger partial charge in [0.1, 0.15) is 16.5 Å². The van der Waals surface area contributed by atoms with Crippen LogP contribution in [0.25, 0.3) is 0 Å². The molecule has 1 atom stereocenters. The minimum Gasteiger partial charge on any atom is -0.497 e. The van der Waals surface area contributed by atoms with E-state index in [4.69, 9.17) is 14.5 Å². The van der Waals surface area contributed by atoms with E-state index in [1.165, 1.54) is 4.88 Å². The van der Waals surface area contributed by atoms with Crippen LogP contribution in [-0.2, 0) is 0 Å². The number of hydrogen-bond donors (Lipinski definition) is 1. The van der Waals surface area contributed by atoms with Gasteiger partial charge in [0.25, 0.3) is 0 Å². The number of aromatic nitrogens is 1. The zero-order chi connectivity index (χ0) is 15.4. The summed E-state index contributed by atoms with van der Waals surface area (Å²) in [6.07, 6.45) is 0. The maximum Gasteiger partial charge on any atom is 0.122 e. The molecule has 114 valence electrons. The van der Waals surface area contributed by atoms with Gasteiger partial charge in [-0.25, -0.2) is 4.98 Å². The van der Waals surface area contributed by atoms with Gasteiger partial charge in [-0.15, -0.1) is 11.3 Å². The van der Waals surface area contributed by atoms with Crippen molar-refractivity contribution >= 4 is 11.3 Å². The average Bonchev–Trinajstić information content (AvgIpc) is 2.83. The number of hydrogen-bond acceptors (Lipinski definition) is 5. The van der Waals surface area contributed by atoms with Crippen LogP contribution in [0, 0.1) is 13.8 Å². The largest absolute Gasteiger partial charge is 0.497 e. The molecule has 0 aliphatic rings. The zero-order valence-corrected chi connectivity index (χ0v) is 14.0. The Morgan fingerprint density at radius 1 is 1.14 bits per heavy atom. The Hall–Kier alpha value is -1.59. The summed E-state index contributed by atoms with van der Waals surface area (Å²) >= 11 is 1.73. The summed E-state index contributed by atoms with van der Waals surface area (Å²) < 4.78 is 10.7. The maximum atomic E-state index is 5.37. The van der Waals surface area contributed by atoms with Crippen LogP contribution in [0.5, 0.6) is 11.5 Å². The van der Waals surface area contributed by atoms with Crippen molar-refractivity contribution in [3.63, 3.8) is 0 Å². The van der Waals surface area contributed by atoms with Crippen molar-refractivity contribution in [1.82, 2.24) is 10.3 Å². The first kappa shape index (κ1) is 15.8. The predicted molar refractivity (Wildman–Crippen MR) is 86.7 cm³/mol. The summed E-state index contributed by atoms with van der Waals surface area (Å²) in [5.74, 6) is 1.58. The lowest BCUT2D eigenvalue weighted by Crippen LogP contribution is -2.22. The molecule has 0 aliphatic heterocycles. The zero-order valence-electron chi connectivity index (χ0n) is 13.2. The van der Waals surface area contributed by atoms with E-state index in [0.717, 1.165) is 34.3 Å². The van der Waals surface area contributed by atoms with Gasteiger partial charge >= 0.3 is 0 Å². The van der Waals surface area contributed by atoms with Crippen molar-refractivity contribution in [3.8, 4) is 11.5 Å². The topological polar surface area (TPSA) is 43.4 Å². The van der Waals surface area contributed by atoms with Crippen LogP contribution in [0.4, 0.5) is 0 Å². The van der Waals surface area contributed by atoms with E-state index in [1.807, 2.05) is 25.1 Å². The van der Waals surface area contributed by atoms with Gasteiger partial charge in [-0.05, 0) is 38.1 Å². The average molecular weight is 306 g/mol. The molecule has 1 aromatic carbocycles. The van der Waals surface area contributed by atoms with Crippen LogP contribution >= 0.6 is 11.3 Å². The van der Waals surface area contributed by atoms with Gasteiger partial charge in [0, 0.05) is 10.9 Å². The van der Waals surface area contributed by atoms with Crippen LogP contribution in [-0.4, -0.2) is 25.7 Å². The van der Waals surface area contributed by atoms with Crippen molar-refractivity contribution in [2.24, 2.45) is 0 Å². The van der Waals surface area contributed by atoms with Crippen molar-refractivity contribution in [2.45, 2.75) is 26.8 Å². The molecule has 0 saturated carbocycles. The highest BCUT2D eigenvalue weighted by atomic mass is 32.1. The molecule has 0 amide bonds. The van der Waals surface area contributed by atoms with Crippen molar-refractivity contribution < 1.29 is 9.47 Å². The summed E-state index contributed by atoms with van der Waals surface area (Å²) in [7, 11) is 3.33. The number of nitrogens with zero attached hydrogens (tertiary/aromatic N) is 1. The molecule has 1 aromatic heterocycles. The fourth-order valence-corrected chi connectivity index (χ4v) is 3.20. The number of ether oxygens (including phenoxy) is 2. The summed E-state index contributed by atoms with van der Waals surface area (Å²) in [6.45, 7) is 7.11. The summed E-state index contributed by atoms with van der Waals surface area (Å²) in [4.78, 5) is 5.94. The van der Waals surface area contributed by atoms with Gasteiger partial charge in [-0.3, -0.25) is 0 Å². The lowest BCUT2D eigenvalue weighted by Gasteiger charge is -2.18. The van der Waals surface area contributed by atoms with E-state index in [2.05, 4.69) is 19.2 Å². The number of aryl methyl sites for hydroxylation is 2. The minimum absolute atomic E-state index is 0.0522. The Bertz CT molecular complexity index is 569. The van der Waals surface area contributed by atoms with Gasteiger partial charge in [-0.1, -0.05) is 6.92 Å². The summed E-state index contributed by atoms with van der Waals surface area (Å²) in [5.41, 5.74) is 2.19. The molecule has 2 rings (SSSR count). The van der Waals surface area contributed by atoms with E-state index in [0.29, 0.717) is 0 Å². The first-order chi connectivity index (χ1) is 10.1. The van der Waals surface area contributed by atoms with E-state index < -0.39 is 0 Å². The van der Waals surface area contributed by atoms with Gasteiger partial charge in [0.2, 0.25) is 0 Å². The first-order valence-electron chi connectivity index (χ1n) is 6.99. The molecule has 1 N–H and O–H groups in total. The third kappa shape index (κ3) is 3.54. The lowest BCUT2D eigenvalue weighted by molar-refractivity contribution is 0.392. The van der Waals surface area contributed by atoms with E-state index in [1.54, 1.807) is 25.6 Å². The minimum atomic E-state index is 0.0522. The molecule has 0 fully saturated rings. The van der Waals surface area contributed by atoms with Gasteiger partial charge in [0.05, 0.1) is 26.0 Å². The molecule has 2 aromatic rings. The highest BCUT2D eigenvalue weighted by Crippen LogP contribution is 2.32. The molecule has 1 unspecified atom stereocenters. The van der Waals surface area contributed by atoms with Crippen LogP contribution in [0.15, 0.2) is 18.2 Å². The van der Waals surface area contributed by atoms with Gasteiger partial charge in [-0.2, -0.15) is 0 Å². The fourth-order valence-electron chi connectivity index (χ4n) is 2.17. The van der Waals surface area contributed by atoms with E-state index in [9.17, 15) is 0 Å². The molecular formula is C16H22N2O2S. The lowest BCUT2D eigenvalue weighted by atomic mass is 10.1. The second kappa shape index (κ2) is 6.91. The fraction of sp³-hybridized carbons (Fsp3) is 0.438. The van der Waals surface area contributed by atoms with Crippen LogP contribution in [0.3, 0.4) is 0 Å². The normalized spacial score (nSPS) is 12.2. The highest BCUT2D eigenvalue weighted by Gasteiger charge is 2.19. The van der Waals surface area contributed by atoms with Crippen molar-refractivity contribution in [1.29, 1.82) is 0 Å². The first-order valence-corrected chi connectivity index (χ1v) is 7.81. The molecule has 21 heavy (non-hydrogen) atoms. The van der Waals surface area contributed by atoms with Crippen LogP contribution < -0.4 is 14.8 Å². The molecule has 0 radical (unpaired) electrons. The maximum absolute atomic E-state index is 5.37. The van der Waals surface area contributed by atoms with Crippen molar-refractivity contribution in [2.75, 3.05) is 20.8 Å². The predicted octanol–water partition coefficient (Wildman–Crippen LogP) is 3.48. The number of benzene rings is 1. The molecule has 0 bridgehead atoms. The SMILES string of the molecule is CCNC(c1cc(OC)cc(OC)c1)c1nc(C)c(C)s1. The second-order valence-electron chi connectivity index (χ2n) is 4.83. The molecule has 0 spiro atoms. The third-order valence-corrected chi connectivity index (χ3v) is 4.55. The number of thiazole rings is 1. The summed E-state index contributed by atoms with van der Waals surface area (Å²) in [5, 5.41) is 4.57. The van der Waals surface area contributed by atoms with Gasteiger partial charge < -0.3 is 14.8 Å². The number of rotatable bonds is 6. The molecule has 5 heteroatoms. The molecule has 0 aliphatic carbocycles. The van der Waals surface area contributed by atoms with Crippen molar-refractivity contribution in [3.05, 3.63) is 39.3 Å². The monoisotopic (exact) mass is 306 g/mol. The Morgan fingerprint density at radius 3 is 2.19 bits per heavy atom. The Labute approximate surface area is 130 Å². The highest BCUT2D eigenvalue weighted by molar-refractivity contribution is 7.11. The number of nitrogens with one attached hydrogen (secondary N) is 1. The quantitative estimate of drug-likeness (QED) is 0.887. The third-order valence-electron chi connectivity index (χ3n) is 3.41. The Morgan fingerprint density at radius 2 is 1.76 bits per heavy atom. The molecule has 1 heterocycles. The Balaban J connectivity index is 2.46. The summed E-state index contributed by atoms with van der Waals surface area (Å²) in [6, 6.07) is 5.99. The van der Waals surface area contributed by atoms with Gasteiger partial charge in [0.15, 0.2) is 0 Å². The number of methoxy groups -OCH3 is 2. The molecular weight excluding hydrogens is 284 g/mol. The van der Waals surface area contributed by atoms with E-state index >= 15 is 0 Å². The molecule has 4 nitrogen and oxygen atoms in total. The Kier molecular flexibility index (Phi) is 5.20. The molecule has 0 saturated heterocycles. The second-order valence-corrected chi connectivity index (χ2v) is 6.07. The standard InChI is InChI=1S/C16H22N2O2S/c1-6-17-15(16-18-10(2)11(3)21-16)12-7-13(19-4)9-14(8-12)20-5/h7-9,15,17H,6H2,1-5H3. The van der Waals surface area contributed by atoms with Crippen LogP contribution in [0.1, 0.15) is 34.1 Å². The smallest absolute Gasteiger partial charge is 0.122 e.